The number of nitrogens with two attached hydrogens (primary N) is 1. The van der Waals surface area contributed by atoms with Crippen molar-refractivity contribution in [3.8, 4) is 6.07 Å². The maximum absolute atomic E-state index is 12.1. The molecule has 1 unspecified atom stereocenters. The molecule has 1 amide bonds. The zero-order valence-electron chi connectivity index (χ0n) is 12.5. The minimum atomic E-state index is 0.176. The van der Waals surface area contributed by atoms with E-state index in [0.29, 0.717) is 25.0 Å². The first kappa shape index (κ1) is 14.6. The highest BCUT2D eigenvalue weighted by atomic mass is 16.2. The third-order valence-corrected chi connectivity index (χ3v) is 4.49. The summed E-state index contributed by atoms with van der Waals surface area (Å²) in [5, 5.41) is 11.9. The van der Waals surface area contributed by atoms with E-state index >= 15 is 0 Å². The molecule has 2 heterocycles. The van der Waals surface area contributed by atoms with Gasteiger partial charge in [-0.3, -0.25) is 4.79 Å². The van der Waals surface area contributed by atoms with Gasteiger partial charge in [-0.2, -0.15) is 10.2 Å². The second-order valence-corrected chi connectivity index (χ2v) is 6.04. The zero-order valence-corrected chi connectivity index (χ0v) is 12.5. The second-order valence-electron chi connectivity index (χ2n) is 6.04. The number of nitrogens with zero attached hydrogens (tertiary/aromatic N) is 4. The minimum Gasteiger partial charge on any atom is -0.382 e. The molecule has 1 saturated carbocycles. The number of hydrogen-bond acceptors (Lipinski definition) is 6. The molecule has 1 atom stereocenters. The maximum Gasteiger partial charge on any atom is 0.224 e. The Morgan fingerprint density at radius 2 is 2.23 bits per heavy atom. The van der Waals surface area contributed by atoms with E-state index in [2.05, 4.69) is 15.3 Å². The van der Waals surface area contributed by atoms with E-state index in [-0.39, 0.29) is 23.2 Å². The fourth-order valence-electron chi connectivity index (χ4n) is 3.32. The first-order valence-corrected chi connectivity index (χ1v) is 7.73. The molecule has 1 aliphatic carbocycles. The Balaban J connectivity index is 1.55. The zero-order chi connectivity index (χ0) is 15.5. The molecule has 0 spiro atoms. The molecular weight excluding hydrogens is 280 g/mol. The molecule has 1 aliphatic heterocycles. The number of hydrogen-bond donors (Lipinski definition) is 2. The van der Waals surface area contributed by atoms with Crippen molar-refractivity contribution in [3.63, 3.8) is 0 Å². The topological polar surface area (TPSA) is 108 Å². The van der Waals surface area contributed by atoms with Crippen LogP contribution in [0, 0.1) is 17.2 Å². The summed E-state index contributed by atoms with van der Waals surface area (Å²) in [5.41, 5.74) is 5.94. The van der Waals surface area contributed by atoms with E-state index in [4.69, 9.17) is 11.0 Å². The van der Waals surface area contributed by atoms with Gasteiger partial charge in [-0.15, -0.1) is 0 Å². The van der Waals surface area contributed by atoms with E-state index in [1.807, 2.05) is 11.0 Å². The largest absolute Gasteiger partial charge is 0.382 e. The summed E-state index contributed by atoms with van der Waals surface area (Å²) >= 11 is 0. The number of anilines is 2. The van der Waals surface area contributed by atoms with Crippen molar-refractivity contribution in [1.29, 1.82) is 5.26 Å². The third kappa shape index (κ3) is 2.96. The molecular formula is C15H20N6O. The van der Waals surface area contributed by atoms with Gasteiger partial charge in [0.25, 0.3) is 0 Å². The van der Waals surface area contributed by atoms with Crippen molar-refractivity contribution in [1.82, 2.24) is 14.9 Å². The Morgan fingerprint density at radius 1 is 1.45 bits per heavy atom. The van der Waals surface area contributed by atoms with Crippen LogP contribution in [-0.4, -0.2) is 39.9 Å². The highest BCUT2D eigenvalue weighted by Gasteiger charge is 2.35. The predicted octanol–water partition coefficient (Wildman–Crippen LogP) is 1.13. The van der Waals surface area contributed by atoms with Gasteiger partial charge in [0.2, 0.25) is 11.9 Å². The summed E-state index contributed by atoms with van der Waals surface area (Å²) in [6.07, 6.45) is 6.73. The molecule has 3 N–H and O–H groups in total. The van der Waals surface area contributed by atoms with Gasteiger partial charge >= 0.3 is 0 Å². The van der Waals surface area contributed by atoms with Gasteiger partial charge in [0.1, 0.15) is 17.5 Å². The van der Waals surface area contributed by atoms with Crippen LogP contribution in [0.25, 0.3) is 0 Å². The first-order chi connectivity index (χ1) is 10.7. The number of carbonyl (C=O) groups is 1. The summed E-state index contributed by atoms with van der Waals surface area (Å²) in [7, 11) is 0. The molecule has 0 radical (unpaired) electrons. The Kier molecular flexibility index (Phi) is 4.09. The van der Waals surface area contributed by atoms with Crippen LogP contribution >= 0.6 is 0 Å². The van der Waals surface area contributed by atoms with Crippen molar-refractivity contribution >= 4 is 17.7 Å². The third-order valence-electron chi connectivity index (χ3n) is 4.49. The molecule has 1 saturated heterocycles. The molecule has 1 aromatic rings. The Hall–Kier alpha value is -2.36. The van der Waals surface area contributed by atoms with Crippen molar-refractivity contribution in [3.05, 3.63) is 11.8 Å². The average molecular weight is 300 g/mol. The summed E-state index contributed by atoms with van der Waals surface area (Å²) in [6, 6.07) is 2.38. The number of aromatic nitrogens is 2. The Morgan fingerprint density at radius 3 is 2.91 bits per heavy atom. The quantitative estimate of drug-likeness (QED) is 0.863. The molecule has 1 aromatic heterocycles. The molecule has 0 bridgehead atoms. The fourth-order valence-corrected chi connectivity index (χ4v) is 3.32. The van der Waals surface area contributed by atoms with Crippen molar-refractivity contribution in [2.45, 2.75) is 38.1 Å². The summed E-state index contributed by atoms with van der Waals surface area (Å²) in [6.45, 7) is 1.45. The van der Waals surface area contributed by atoms with Crippen LogP contribution in [0.2, 0.25) is 0 Å². The number of nitriles is 1. The van der Waals surface area contributed by atoms with Gasteiger partial charge in [-0.1, -0.05) is 12.8 Å². The molecule has 2 fully saturated rings. The number of rotatable bonds is 4. The lowest BCUT2D eigenvalue weighted by molar-refractivity contribution is -0.129. The van der Waals surface area contributed by atoms with Crippen LogP contribution in [-0.2, 0) is 4.79 Å². The summed E-state index contributed by atoms with van der Waals surface area (Å²) < 4.78 is 0. The normalized spacial score (nSPS) is 22.0. The van der Waals surface area contributed by atoms with Gasteiger partial charge in [-0.25, -0.2) is 4.98 Å². The van der Waals surface area contributed by atoms with E-state index in [1.165, 1.54) is 19.0 Å². The fraction of sp³-hybridized carbons (Fsp3) is 0.600. The average Bonchev–Trinajstić information content (AvgIpc) is 3.14. The van der Waals surface area contributed by atoms with Crippen molar-refractivity contribution in [2.24, 2.45) is 5.92 Å². The number of carbonyl (C=O) groups excluding carboxylic acids is 1. The van der Waals surface area contributed by atoms with Crippen LogP contribution < -0.4 is 11.1 Å². The number of nitrogens with one attached hydrogen (secondary N) is 1. The van der Waals surface area contributed by atoms with Crippen LogP contribution in [0.4, 0.5) is 11.8 Å². The van der Waals surface area contributed by atoms with Gasteiger partial charge in [0, 0.05) is 31.5 Å². The van der Waals surface area contributed by atoms with Crippen LogP contribution in [0.1, 0.15) is 37.7 Å². The molecule has 3 rings (SSSR count). The SMILES string of the molecule is N#Cc1cnc(NCC2CC(=O)N(C3CCCC3)C2)nc1N. The first-order valence-electron chi connectivity index (χ1n) is 7.73. The number of likely N-dealkylation sites (tertiary alicyclic amines) is 1. The monoisotopic (exact) mass is 300 g/mol. The highest BCUT2D eigenvalue weighted by molar-refractivity contribution is 5.79. The molecule has 2 aliphatic rings. The lowest BCUT2D eigenvalue weighted by Crippen LogP contribution is -2.34. The van der Waals surface area contributed by atoms with Crippen molar-refractivity contribution in [2.75, 3.05) is 24.1 Å². The van der Waals surface area contributed by atoms with Gasteiger partial charge < -0.3 is 16.0 Å². The summed E-state index contributed by atoms with van der Waals surface area (Å²) in [4.78, 5) is 22.3. The number of amides is 1. The number of nitrogen functional groups attached to an aromatic ring is 1. The van der Waals surface area contributed by atoms with Crippen LogP contribution in [0.3, 0.4) is 0 Å². The van der Waals surface area contributed by atoms with Gasteiger partial charge in [0.15, 0.2) is 0 Å². The van der Waals surface area contributed by atoms with Gasteiger partial charge in [0.05, 0.1) is 6.20 Å². The van der Waals surface area contributed by atoms with Crippen LogP contribution in [0.15, 0.2) is 6.20 Å². The van der Waals surface area contributed by atoms with E-state index in [0.717, 1.165) is 19.4 Å². The Labute approximate surface area is 129 Å². The lowest BCUT2D eigenvalue weighted by atomic mass is 10.1. The van der Waals surface area contributed by atoms with Crippen molar-refractivity contribution < 1.29 is 4.79 Å². The smallest absolute Gasteiger partial charge is 0.224 e. The molecule has 116 valence electrons. The standard InChI is InChI=1S/C15H20N6O/c16-6-11-8-19-15(20-14(11)17)18-7-10-5-13(22)21(9-10)12-3-1-2-4-12/h8,10,12H,1-5,7,9H2,(H3,17,18,19,20). The van der Waals surface area contributed by atoms with E-state index in [9.17, 15) is 4.79 Å². The molecule has 7 nitrogen and oxygen atoms in total. The summed E-state index contributed by atoms with van der Waals surface area (Å²) in [5.74, 6) is 1.12. The molecule has 7 heteroatoms. The minimum absolute atomic E-state index is 0.176. The van der Waals surface area contributed by atoms with Crippen LogP contribution in [0.5, 0.6) is 0 Å². The van der Waals surface area contributed by atoms with Gasteiger partial charge in [-0.05, 0) is 12.8 Å². The van der Waals surface area contributed by atoms with E-state index < -0.39 is 0 Å². The molecule has 22 heavy (non-hydrogen) atoms. The maximum atomic E-state index is 12.1. The Bertz CT molecular complexity index is 605. The highest BCUT2D eigenvalue weighted by Crippen LogP contribution is 2.29. The second kappa shape index (κ2) is 6.18. The predicted molar refractivity (Wildman–Crippen MR) is 81.7 cm³/mol. The lowest BCUT2D eigenvalue weighted by Gasteiger charge is -2.24. The van der Waals surface area contributed by atoms with E-state index in [1.54, 1.807) is 0 Å². The molecule has 0 aromatic carbocycles.